The second kappa shape index (κ2) is 11.1. The van der Waals surface area contributed by atoms with Gasteiger partial charge in [0.2, 0.25) is 10.0 Å². The predicted octanol–water partition coefficient (Wildman–Crippen LogP) is 4.61. The molecular formula is C26H33N3O4S. The molecule has 182 valence electrons. The minimum Gasteiger partial charge on any atom is -0.349 e. The van der Waals surface area contributed by atoms with Crippen molar-refractivity contribution >= 4 is 27.5 Å². The van der Waals surface area contributed by atoms with Gasteiger partial charge in [-0.1, -0.05) is 56.7 Å². The van der Waals surface area contributed by atoms with Crippen LogP contribution in [0, 0.1) is 0 Å². The van der Waals surface area contributed by atoms with E-state index >= 15 is 0 Å². The Balaban J connectivity index is 1.46. The van der Waals surface area contributed by atoms with E-state index in [2.05, 4.69) is 15.4 Å². The Hall–Kier alpha value is -2.71. The molecule has 4 rings (SSSR count). The Kier molecular flexibility index (Phi) is 8.00. The topological polar surface area (TPSA) is 104 Å². The monoisotopic (exact) mass is 483 g/mol. The van der Waals surface area contributed by atoms with E-state index in [0.717, 1.165) is 57.8 Å². The molecule has 2 saturated carbocycles. The third-order valence-electron chi connectivity index (χ3n) is 6.69. The lowest BCUT2D eigenvalue weighted by Gasteiger charge is -2.23. The zero-order valence-electron chi connectivity index (χ0n) is 19.4. The third-order valence-corrected chi connectivity index (χ3v) is 8.21. The van der Waals surface area contributed by atoms with Crippen molar-refractivity contribution in [1.29, 1.82) is 0 Å². The lowest BCUT2D eigenvalue weighted by Crippen LogP contribution is -2.36. The van der Waals surface area contributed by atoms with Gasteiger partial charge in [-0.15, -0.1) is 0 Å². The van der Waals surface area contributed by atoms with Crippen molar-refractivity contribution in [2.45, 2.75) is 81.2 Å². The molecule has 0 aliphatic heterocycles. The van der Waals surface area contributed by atoms with Crippen molar-refractivity contribution in [3.8, 4) is 0 Å². The lowest BCUT2D eigenvalue weighted by atomic mass is 9.95. The third kappa shape index (κ3) is 6.24. The minimum absolute atomic E-state index is 0.0639. The van der Waals surface area contributed by atoms with Gasteiger partial charge >= 0.3 is 0 Å². The van der Waals surface area contributed by atoms with Crippen molar-refractivity contribution in [2.24, 2.45) is 0 Å². The number of hydrogen-bond donors (Lipinski definition) is 3. The summed E-state index contributed by atoms with van der Waals surface area (Å²) >= 11 is 0. The van der Waals surface area contributed by atoms with Gasteiger partial charge in [0.05, 0.1) is 16.1 Å². The molecule has 0 spiro atoms. The van der Waals surface area contributed by atoms with Gasteiger partial charge in [-0.2, -0.15) is 0 Å². The van der Waals surface area contributed by atoms with Crippen LogP contribution in [0.3, 0.4) is 0 Å². The molecule has 8 heteroatoms. The van der Waals surface area contributed by atoms with Crippen LogP contribution in [0.25, 0.3) is 0 Å². The number of carbonyl (C=O) groups is 2. The summed E-state index contributed by atoms with van der Waals surface area (Å²) in [4.78, 5) is 25.9. The highest BCUT2D eigenvalue weighted by molar-refractivity contribution is 7.89. The van der Waals surface area contributed by atoms with Gasteiger partial charge in [-0.05, 0) is 56.0 Å². The Morgan fingerprint density at radius 1 is 0.735 bits per heavy atom. The lowest BCUT2D eigenvalue weighted by molar-refractivity contribution is 0.0928. The van der Waals surface area contributed by atoms with Gasteiger partial charge in [-0.3, -0.25) is 9.59 Å². The van der Waals surface area contributed by atoms with Crippen LogP contribution >= 0.6 is 0 Å². The van der Waals surface area contributed by atoms with Crippen molar-refractivity contribution in [2.75, 3.05) is 5.32 Å². The van der Waals surface area contributed by atoms with Crippen LogP contribution in [0.4, 0.5) is 5.69 Å². The summed E-state index contributed by atoms with van der Waals surface area (Å²) in [5, 5.41) is 5.87. The summed E-state index contributed by atoms with van der Waals surface area (Å²) < 4.78 is 28.5. The Morgan fingerprint density at radius 2 is 1.38 bits per heavy atom. The van der Waals surface area contributed by atoms with Crippen LogP contribution in [-0.4, -0.2) is 32.3 Å². The molecule has 0 aromatic heterocycles. The van der Waals surface area contributed by atoms with Crippen LogP contribution in [0.2, 0.25) is 0 Å². The summed E-state index contributed by atoms with van der Waals surface area (Å²) in [5.41, 5.74) is 1.01. The number of nitrogens with one attached hydrogen (secondary N) is 3. The molecule has 34 heavy (non-hydrogen) atoms. The van der Waals surface area contributed by atoms with E-state index in [1.54, 1.807) is 36.4 Å². The fraction of sp³-hybridized carbons (Fsp3) is 0.462. The molecule has 0 atom stereocenters. The first kappa shape index (κ1) is 24.4. The van der Waals surface area contributed by atoms with Gasteiger partial charge in [0, 0.05) is 17.6 Å². The molecule has 2 fully saturated rings. The molecule has 2 aliphatic carbocycles. The highest BCUT2D eigenvalue weighted by atomic mass is 32.2. The second-order valence-corrected chi connectivity index (χ2v) is 11.0. The van der Waals surface area contributed by atoms with E-state index < -0.39 is 15.9 Å². The van der Waals surface area contributed by atoms with Gasteiger partial charge < -0.3 is 10.6 Å². The van der Waals surface area contributed by atoms with Crippen LogP contribution in [0.1, 0.15) is 84.9 Å². The number of sulfonamides is 1. The molecule has 0 unspecified atom stereocenters. The van der Waals surface area contributed by atoms with Gasteiger partial charge in [-0.25, -0.2) is 13.1 Å². The Bertz CT molecular complexity index is 1120. The largest absolute Gasteiger partial charge is 0.349 e. The van der Waals surface area contributed by atoms with E-state index in [1.165, 1.54) is 18.6 Å². The number of carbonyl (C=O) groups excluding carboxylic acids is 2. The fourth-order valence-corrected chi connectivity index (χ4v) is 6.16. The first-order valence-corrected chi connectivity index (χ1v) is 13.7. The van der Waals surface area contributed by atoms with Crippen molar-refractivity contribution in [3.05, 3.63) is 59.7 Å². The molecule has 3 N–H and O–H groups in total. The zero-order valence-corrected chi connectivity index (χ0v) is 20.2. The quantitative estimate of drug-likeness (QED) is 0.535. The molecule has 7 nitrogen and oxygen atoms in total. The van der Waals surface area contributed by atoms with Crippen LogP contribution < -0.4 is 15.4 Å². The summed E-state index contributed by atoms with van der Waals surface area (Å²) in [6.45, 7) is 0. The molecular weight excluding hydrogens is 450 g/mol. The number of para-hydroxylation sites is 1. The first-order chi connectivity index (χ1) is 16.4. The predicted molar refractivity (Wildman–Crippen MR) is 132 cm³/mol. The number of benzene rings is 2. The summed E-state index contributed by atoms with van der Waals surface area (Å²) in [6, 6.07) is 13.0. The molecule has 0 heterocycles. The van der Waals surface area contributed by atoms with Crippen LogP contribution in [0.15, 0.2) is 53.4 Å². The molecule has 0 saturated heterocycles. The highest BCUT2D eigenvalue weighted by Gasteiger charge is 2.23. The van der Waals surface area contributed by atoms with E-state index in [1.807, 2.05) is 0 Å². The maximum absolute atomic E-state index is 13.0. The number of rotatable bonds is 7. The van der Waals surface area contributed by atoms with E-state index in [4.69, 9.17) is 0 Å². The second-order valence-electron chi connectivity index (χ2n) is 9.29. The normalized spacial score (nSPS) is 17.8. The molecule has 2 aromatic rings. The summed E-state index contributed by atoms with van der Waals surface area (Å²) in [7, 11) is -3.72. The van der Waals surface area contributed by atoms with E-state index in [0.29, 0.717) is 11.3 Å². The average molecular weight is 484 g/mol. The smallest absolute Gasteiger partial charge is 0.255 e. The molecule has 2 aliphatic rings. The minimum atomic E-state index is -3.72. The molecule has 2 amide bonds. The molecule has 0 radical (unpaired) electrons. The van der Waals surface area contributed by atoms with Crippen LogP contribution in [0.5, 0.6) is 0 Å². The number of hydrogen-bond acceptors (Lipinski definition) is 4. The average Bonchev–Trinajstić information content (AvgIpc) is 2.85. The van der Waals surface area contributed by atoms with E-state index in [-0.39, 0.29) is 28.4 Å². The zero-order chi connectivity index (χ0) is 24.0. The first-order valence-electron chi connectivity index (χ1n) is 12.3. The maximum atomic E-state index is 13.0. The Labute approximate surface area is 201 Å². The molecule has 2 aromatic carbocycles. The van der Waals surface area contributed by atoms with Gasteiger partial charge in [0.1, 0.15) is 0 Å². The van der Waals surface area contributed by atoms with Gasteiger partial charge in [0.15, 0.2) is 0 Å². The van der Waals surface area contributed by atoms with Crippen molar-refractivity contribution in [1.82, 2.24) is 10.0 Å². The van der Waals surface area contributed by atoms with Crippen molar-refractivity contribution < 1.29 is 18.0 Å². The molecule has 0 bridgehead atoms. The maximum Gasteiger partial charge on any atom is 0.255 e. The van der Waals surface area contributed by atoms with E-state index in [9.17, 15) is 18.0 Å². The summed E-state index contributed by atoms with van der Waals surface area (Å²) in [5.74, 6) is -0.677. The number of amides is 2. The summed E-state index contributed by atoms with van der Waals surface area (Å²) in [6.07, 6.45) is 10.2. The standard InChI is InChI=1S/C26H33N3O4S/c30-25(19-10-9-15-22(18-19)34(32,33)29-21-13-5-2-6-14-21)28-24-17-8-7-16-23(24)26(31)27-20-11-3-1-4-12-20/h7-10,15-18,20-21,29H,1-6,11-14H2,(H,27,31)(H,28,30). The SMILES string of the molecule is O=C(Nc1ccccc1C(=O)NC1CCCCC1)c1cccc(S(=O)(=O)NC2CCCCC2)c1. The van der Waals surface area contributed by atoms with Crippen LogP contribution in [-0.2, 0) is 10.0 Å². The fourth-order valence-electron chi connectivity index (χ4n) is 4.81. The highest BCUT2D eigenvalue weighted by Crippen LogP contribution is 2.22. The van der Waals surface area contributed by atoms with Gasteiger partial charge in [0.25, 0.3) is 11.8 Å². The Morgan fingerprint density at radius 3 is 2.09 bits per heavy atom. The number of anilines is 1. The van der Waals surface area contributed by atoms with Crippen molar-refractivity contribution in [3.63, 3.8) is 0 Å².